The molecule has 2 rings (SSSR count). The molecule has 6 heteroatoms. The number of hydrogen-bond acceptors (Lipinski definition) is 4. The third kappa shape index (κ3) is 5.00. The van der Waals surface area contributed by atoms with E-state index in [9.17, 15) is 13.8 Å². The summed E-state index contributed by atoms with van der Waals surface area (Å²) in [5.41, 5.74) is 2.01. The number of hydrogen-bond donors (Lipinski definition) is 1. The van der Waals surface area contributed by atoms with Crippen molar-refractivity contribution in [2.75, 3.05) is 11.6 Å². The monoisotopic (exact) mass is 359 g/mol. The third-order valence-corrected chi connectivity index (χ3v) is 4.67. The maximum Gasteiger partial charge on any atom is 0.340 e. The van der Waals surface area contributed by atoms with Crippen LogP contribution in [0.1, 0.15) is 29.8 Å². The summed E-state index contributed by atoms with van der Waals surface area (Å²) in [7, 11) is -1.32. The fraction of sp³-hybridized carbons (Fsp3) is 0.263. The van der Waals surface area contributed by atoms with Gasteiger partial charge in [-0.3, -0.25) is 9.00 Å². The molecule has 5 nitrogen and oxygen atoms in total. The van der Waals surface area contributed by atoms with E-state index in [1.54, 1.807) is 30.3 Å². The van der Waals surface area contributed by atoms with E-state index in [0.717, 1.165) is 6.42 Å². The van der Waals surface area contributed by atoms with Crippen LogP contribution in [0.25, 0.3) is 0 Å². The number of benzene rings is 2. The molecular formula is C19H21NO4S. The average molecular weight is 359 g/mol. The molecule has 0 saturated heterocycles. The molecule has 0 fully saturated rings. The van der Waals surface area contributed by atoms with Crippen LogP contribution in [0.3, 0.4) is 0 Å². The van der Waals surface area contributed by atoms with E-state index < -0.39 is 28.8 Å². The fourth-order valence-electron chi connectivity index (χ4n) is 2.23. The number of nitrogens with one attached hydrogen (secondary N) is 1. The van der Waals surface area contributed by atoms with Gasteiger partial charge in [0.15, 0.2) is 6.10 Å². The number of amides is 1. The van der Waals surface area contributed by atoms with Crippen LogP contribution >= 0.6 is 0 Å². The van der Waals surface area contributed by atoms with Gasteiger partial charge in [-0.15, -0.1) is 0 Å². The predicted molar refractivity (Wildman–Crippen MR) is 98.1 cm³/mol. The number of ether oxygens (including phenoxy) is 1. The molecule has 2 aromatic rings. The van der Waals surface area contributed by atoms with Crippen molar-refractivity contribution in [2.45, 2.75) is 31.3 Å². The summed E-state index contributed by atoms with van der Waals surface area (Å²) in [5.74, 6) is -1.09. The smallest absolute Gasteiger partial charge is 0.340 e. The molecule has 0 aliphatic heterocycles. The summed E-state index contributed by atoms with van der Waals surface area (Å²) >= 11 is 0. The highest BCUT2D eigenvalue weighted by molar-refractivity contribution is 7.84. The van der Waals surface area contributed by atoms with Gasteiger partial charge in [0.1, 0.15) is 0 Å². The van der Waals surface area contributed by atoms with Gasteiger partial charge in [-0.25, -0.2) is 4.79 Å². The van der Waals surface area contributed by atoms with Crippen molar-refractivity contribution >= 4 is 28.4 Å². The van der Waals surface area contributed by atoms with Crippen molar-refractivity contribution in [3.05, 3.63) is 59.7 Å². The van der Waals surface area contributed by atoms with Crippen molar-refractivity contribution in [3.8, 4) is 0 Å². The van der Waals surface area contributed by atoms with Crippen molar-refractivity contribution < 1.29 is 18.5 Å². The molecule has 0 radical (unpaired) electrons. The summed E-state index contributed by atoms with van der Waals surface area (Å²) in [4.78, 5) is 24.9. The van der Waals surface area contributed by atoms with Gasteiger partial charge in [-0.1, -0.05) is 31.2 Å². The van der Waals surface area contributed by atoms with Gasteiger partial charge in [-0.2, -0.15) is 0 Å². The first kappa shape index (κ1) is 18.9. The molecule has 0 unspecified atom stereocenters. The van der Waals surface area contributed by atoms with Crippen LogP contribution in [0.2, 0.25) is 0 Å². The molecule has 0 heterocycles. The summed E-state index contributed by atoms with van der Waals surface area (Å²) in [6.07, 6.45) is 1.43. The molecular weight excluding hydrogens is 338 g/mol. The number of carbonyl (C=O) groups is 2. The minimum absolute atomic E-state index is 0.204. The second-order valence-electron chi connectivity index (χ2n) is 5.54. The Morgan fingerprint density at radius 2 is 1.76 bits per heavy atom. The Hall–Kier alpha value is -2.47. The third-order valence-electron chi connectivity index (χ3n) is 3.70. The SMILES string of the molecule is CCc1ccc(NC(=O)[C@@H](C)OC(=O)c2ccccc2[S@@](C)=O)cc1. The minimum Gasteiger partial charge on any atom is -0.449 e. The summed E-state index contributed by atoms with van der Waals surface area (Å²) in [6.45, 7) is 3.55. The number of rotatable bonds is 6. The summed E-state index contributed by atoms with van der Waals surface area (Å²) in [6, 6.07) is 14.0. The highest BCUT2D eigenvalue weighted by Crippen LogP contribution is 2.15. The zero-order valence-corrected chi connectivity index (χ0v) is 15.3. The highest BCUT2D eigenvalue weighted by atomic mass is 32.2. The predicted octanol–water partition coefficient (Wildman–Crippen LogP) is 3.17. The normalized spacial score (nSPS) is 12.9. The van der Waals surface area contributed by atoms with Crippen molar-refractivity contribution in [1.29, 1.82) is 0 Å². The van der Waals surface area contributed by atoms with Gasteiger partial charge >= 0.3 is 5.97 Å². The number of anilines is 1. The molecule has 2 aromatic carbocycles. The second-order valence-corrected chi connectivity index (χ2v) is 6.89. The maximum absolute atomic E-state index is 12.3. The zero-order chi connectivity index (χ0) is 18.4. The van der Waals surface area contributed by atoms with Gasteiger partial charge in [0.2, 0.25) is 0 Å². The Bertz CT molecular complexity index is 786. The van der Waals surface area contributed by atoms with Gasteiger partial charge < -0.3 is 10.1 Å². The largest absolute Gasteiger partial charge is 0.449 e. The summed E-state index contributed by atoms with van der Waals surface area (Å²) in [5, 5.41) is 2.71. The standard InChI is InChI=1S/C19H21NO4S/c1-4-14-9-11-15(12-10-14)20-18(21)13(2)24-19(22)16-7-5-6-8-17(16)25(3)23/h5-13H,4H2,1-3H3,(H,20,21)/t13-,25-/m1/s1. The lowest BCUT2D eigenvalue weighted by molar-refractivity contribution is -0.123. The topological polar surface area (TPSA) is 72.5 Å². The van der Waals surface area contributed by atoms with E-state index in [1.165, 1.54) is 24.8 Å². The lowest BCUT2D eigenvalue weighted by atomic mass is 10.1. The number of carbonyl (C=O) groups excluding carboxylic acids is 2. The second kappa shape index (κ2) is 8.58. The quantitative estimate of drug-likeness (QED) is 0.804. The van der Waals surface area contributed by atoms with E-state index in [2.05, 4.69) is 12.2 Å². The molecule has 0 bridgehead atoms. The van der Waals surface area contributed by atoms with Crippen LogP contribution < -0.4 is 5.32 Å². The lowest BCUT2D eigenvalue weighted by Gasteiger charge is -2.14. The first-order chi connectivity index (χ1) is 11.9. The first-order valence-electron chi connectivity index (χ1n) is 7.95. The van der Waals surface area contributed by atoms with E-state index >= 15 is 0 Å². The molecule has 1 amide bonds. The van der Waals surface area contributed by atoms with Gasteiger partial charge in [0, 0.05) is 11.9 Å². The molecule has 25 heavy (non-hydrogen) atoms. The lowest BCUT2D eigenvalue weighted by Crippen LogP contribution is -2.30. The molecule has 0 aliphatic rings. The Morgan fingerprint density at radius 3 is 2.36 bits per heavy atom. The average Bonchev–Trinajstić information content (AvgIpc) is 2.62. The van der Waals surface area contributed by atoms with E-state index in [-0.39, 0.29) is 5.56 Å². The number of aryl methyl sites for hydroxylation is 1. The minimum atomic E-state index is -1.32. The Morgan fingerprint density at radius 1 is 1.12 bits per heavy atom. The van der Waals surface area contributed by atoms with Crippen LogP contribution in [0.4, 0.5) is 5.69 Å². The van der Waals surface area contributed by atoms with E-state index in [0.29, 0.717) is 10.6 Å². The van der Waals surface area contributed by atoms with Crippen molar-refractivity contribution in [2.24, 2.45) is 0 Å². The van der Waals surface area contributed by atoms with Crippen molar-refractivity contribution in [3.63, 3.8) is 0 Å². The maximum atomic E-state index is 12.3. The molecule has 2 atom stereocenters. The van der Waals surface area contributed by atoms with Crippen LogP contribution in [0.15, 0.2) is 53.4 Å². The van der Waals surface area contributed by atoms with Gasteiger partial charge in [-0.05, 0) is 43.2 Å². The zero-order valence-electron chi connectivity index (χ0n) is 14.4. The van der Waals surface area contributed by atoms with Gasteiger partial charge in [0.05, 0.1) is 21.3 Å². The number of esters is 1. The molecule has 132 valence electrons. The molecule has 0 saturated carbocycles. The molecule has 0 aliphatic carbocycles. The van der Waals surface area contributed by atoms with Crippen LogP contribution in [-0.4, -0.2) is 28.4 Å². The Kier molecular flexibility index (Phi) is 6.47. The van der Waals surface area contributed by atoms with E-state index in [4.69, 9.17) is 4.74 Å². The molecule has 0 spiro atoms. The highest BCUT2D eigenvalue weighted by Gasteiger charge is 2.21. The first-order valence-corrected chi connectivity index (χ1v) is 9.51. The molecule has 1 N–H and O–H groups in total. The van der Waals surface area contributed by atoms with E-state index in [1.807, 2.05) is 12.1 Å². The fourth-order valence-corrected chi connectivity index (χ4v) is 2.96. The molecule has 0 aromatic heterocycles. The van der Waals surface area contributed by atoms with Crippen LogP contribution in [0, 0.1) is 0 Å². The van der Waals surface area contributed by atoms with Gasteiger partial charge in [0.25, 0.3) is 5.91 Å². The van der Waals surface area contributed by atoms with Crippen molar-refractivity contribution in [1.82, 2.24) is 0 Å². The van der Waals surface area contributed by atoms with Crippen LogP contribution in [-0.2, 0) is 26.8 Å². The Labute approximate surface area is 149 Å². The Balaban J connectivity index is 2.03. The summed E-state index contributed by atoms with van der Waals surface area (Å²) < 4.78 is 16.9. The van der Waals surface area contributed by atoms with Crippen LogP contribution in [0.5, 0.6) is 0 Å².